The van der Waals surface area contributed by atoms with Gasteiger partial charge in [-0.2, -0.15) is 0 Å². The molecule has 7 aromatic carbocycles. The number of aryl methyl sites for hydroxylation is 1. The fourth-order valence-corrected chi connectivity index (χ4v) is 12.5. The molecule has 0 saturated carbocycles. The average Bonchev–Trinajstić information content (AvgIpc) is 3.30. The molecule has 306 valence electrons. The van der Waals surface area contributed by atoms with Crippen molar-refractivity contribution in [3.8, 4) is 34.1 Å². The predicted molar refractivity (Wildman–Crippen MR) is 254 cm³/mol. The number of benzene rings is 7. The predicted octanol–water partition coefficient (Wildman–Crippen LogP) is 12.3. The molecule has 0 aliphatic heterocycles. The number of methoxy groups -OCH3 is 4. The lowest BCUT2D eigenvalue weighted by Crippen LogP contribution is -2.32. The van der Waals surface area contributed by atoms with Gasteiger partial charge in [0.15, 0.2) is 0 Å². The molecule has 4 nitrogen and oxygen atoms in total. The molecular formula is C55H58O4P+. The summed E-state index contributed by atoms with van der Waals surface area (Å²) in [6.45, 7) is 9.19. The quantitative estimate of drug-likeness (QED) is 0.0911. The van der Waals surface area contributed by atoms with Gasteiger partial charge < -0.3 is 18.9 Å². The second-order valence-electron chi connectivity index (χ2n) is 15.9. The first-order valence-electron chi connectivity index (χ1n) is 20.9. The highest BCUT2D eigenvalue weighted by atomic mass is 31.2. The van der Waals surface area contributed by atoms with Gasteiger partial charge in [0.2, 0.25) is 0 Å². The van der Waals surface area contributed by atoms with Crippen LogP contribution in [-0.2, 0) is 6.42 Å². The summed E-state index contributed by atoms with van der Waals surface area (Å²) in [4.78, 5) is 0. The molecule has 3 atom stereocenters. The van der Waals surface area contributed by atoms with Crippen LogP contribution in [0.3, 0.4) is 0 Å². The highest BCUT2D eigenvalue weighted by Crippen LogP contribution is 2.58. The zero-order chi connectivity index (χ0) is 42.2. The van der Waals surface area contributed by atoms with E-state index in [0.29, 0.717) is 5.92 Å². The van der Waals surface area contributed by atoms with Crippen molar-refractivity contribution in [2.45, 2.75) is 51.4 Å². The van der Waals surface area contributed by atoms with E-state index in [1.807, 2.05) is 12.1 Å². The topological polar surface area (TPSA) is 36.9 Å². The monoisotopic (exact) mass is 813 g/mol. The van der Waals surface area contributed by atoms with E-state index in [0.717, 1.165) is 57.8 Å². The van der Waals surface area contributed by atoms with Crippen molar-refractivity contribution in [1.29, 1.82) is 0 Å². The van der Waals surface area contributed by atoms with Gasteiger partial charge in [-0.3, -0.25) is 0 Å². The van der Waals surface area contributed by atoms with Crippen molar-refractivity contribution in [2.24, 2.45) is 0 Å². The largest absolute Gasteiger partial charge is 0.497 e. The number of ether oxygens (including phenoxy) is 4. The highest BCUT2D eigenvalue weighted by Gasteiger charge is 2.45. The van der Waals surface area contributed by atoms with Crippen LogP contribution in [0.5, 0.6) is 23.0 Å². The molecule has 0 N–H and O–H groups in total. The first kappa shape index (κ1) is 42.3. The molecular weight excluding hydrogens is 756 g/mol. The minimum atomic E-state index is -2.37. The van der Waals surface area contributed by atoms with Gasteiger partial charge in [-0.25, -0.2) is 0 Å². The fraction of sp³-hybridized carbons (Fsp3) is 0.236. The Labute approximate surface area is 358 Å². The summed E-state index contributed by atoms with van der Waals surface area (Å²) >= 11 is 0. The van der Waals surface area contributed by atoms with Crippen molar-refractivity contribution in [2.75, 3.05) is 35.1 Å². The zero-order valence-electron chi connectivity index (χ0n) is 36.3. The van der Waals surface area contributed by atoms with Crippen molar-refractivity contribution < 1.29 is 18.9 Å². The second-order valence-corrected chi connectivity index (χ2v) is 19.4. The van der Waals surface area contributed by atoms with E-state index in [1.165, 1.54) is 38.4 Å². The maximum atomic E-state index is 6.50. The van der Waals surface area contributed by atoms with Gasteiger partial charge in [0.25, 0.3) is 0 Å². The SMILES string of the molecule is CCC(c1ccccc1)C(c1cccc(CC(C)c2ccc(C)cc2)c1)c1cc(OC)cc(OC)c1-c1c(OC)cc(OC)cc1[P+](C)(c1ccccc1)c1ccccc1. The third-order valence-corrected chi connectivity index (χ3v) is 16.2. The second kappa shape index (κ2) is 19.0. The van der Waals surface area contributed by atoms with Gasteiger partial charge >= 0.3 is 0 Å². The number of hydrogen-bond acceptors (Lipinski definition) is 4. The Morgan fingerprint density at radius 1 is 0.517 bits per heavy atom. The van der Waals surface area contributed by atoms with Crippen molar-refractivity contribution in [1.82, 2.24) is 0 Å². The third kappa shape index (κ3) is 8.58. The molecule has 0 heterocycles. The van der Waals surface area contributed by atoms with Crippen LogP contribution in [0.25, 0.3) is 11.1 Å². The fourth-order valence-electron chi connectivity index (χ4n) is 9.01. The number of rotatable bonds is 16. The van der Waals surface area contributed by atoms with E-state index in [4.69, 9.17) is 18.9 Å². The summed E-state index contributed by atoms with van der Waals surface area (Å²) in [5.41, 5.74) is 9.55. The van der Waals surface area contributed by atoms with Gasteiger partial charge in [0, 0.05) is 29.7 Å². The van der Waals surface area contributed by atoms with Crippen LogP contribution in [0.15, 0.2) is 164 Å². The summed E-state index contributed by atoms with van der Waals surface area (Å²) in [7, 11) is 4.61. The Morgan fingerprint density at radius 2 is 1.05 bits per heavy atom. The molecule has 3 unspecified atom stereocenters. The Balaban J connectivity index is 1.56. The summed E-state index contributed by atoms with van der Waals surface area (Å²) in [6, 6.07) is 59.5. The van der Waals surface area contributed by atoms with E-state index >= 15 is 0 Å². The van der Waals surface area contributed by atoms with E-state index in [1.54, 1.807) is 28.4 Å². The van der Waals surface area contributed by atoms with Gasteiger partial charge in [-0.1, -0.05) is 135 Å². The third-order valence-electron chi connectivity index (χ3n) is 12.3. The molecule has 0 radical (unpaired) electrons. The molecule has 0 aliphatic rings. The van der Waals surface area contributed by atoms with Crippen LogP contribution in [-0.4, -0.2) is 35.1 Å². The molecule has 7 rings (SSSR count). The maximum absolute atomic E-state index is 6.50. The molecule has 0 spiro atoms. The van der Waals surface area contributed by atoms with Crippen LogP contribution in [0.2, 0.25) is 0 Å². The van der Waals surface area contributed by atoms with Crippen molar-refractivity contribution >= 4 is 23.2 Å². The summed E-state index contributed by atoms with van der Waals surface area (Å²) < 4.78 is 25.2. The van der Waals surface area contributed by atoms with Crippen LogP contribution in [0, 0.1) is 6.92 Å². The normalized spacial score (nSPS) is 12.9. The van der Waals surface area contributed by atoms with Gasteiger partial charge in [-0.15, -0.1) is 0 Å². The van der Waals surface area contributed by atoms with E-state index in [2.05, 4.69) is 179 Å². The van der Waals surface area contributed by atoms with Crippen molar-refractivity contribution in [3.63, 3.8) is 0 Å². The molecule has 60 heavy (non-hydrogen) atoms. The van der Waals surface area contributed by atoms with Gasteiger partial charge in [0.05, 0.1) is 40.7 Å². The van der Waals surface area contributed by atoms with E-state index in [9.17, 15) is 0 Å². The lowest BCUT2D eigenvalue weighted by molar-refractivity contribution is 0.390. The Morgan fingerprint density at radius 3 is 1.60 bits per heavy atom. The minimum absolute atomic E-state index is 0.0938. The number of hydrogen-bond donors (Lipinski definition) is 0. The molecule has 7 aromatic rings. The van der Waals surface area contributed by atoms with Crippen molar-refractivity contribution in [3.05, 3.63) is 197 Å². The molecule has 0 aliphatic carbocycles. The van der Waals surface area contributed by atoms with Crippen LogP contribution >= 0.6 is 7.26 Å². The molecule has 0 aromatic heterocycles. The van der Waals surface area contributed by atoms with Gasteiger partial charge in [0.1, 0.15) is 46.2 Å². The molecule has 0 saturated heterocycles. The smallest absolute Gasteiger partial charge is 0.134 e. The van der Waals surface area contributed by atoms with Crippen LogP contribution < -0.4 is 34.9 Å². The average molecular weight is 814 g/mol. The first-order valence-corrected chi connectivity index (χ1v) is 23.2. The lowest BCUT2D eigenvalue weighted by atomic mass is 9.73. The highest BCUT2D eigenvalue weighted by molar-refractivity contribution is 7.95. The van der Waals surface area contributed by atoms with Crippen LogP contribution in [0.4, 0.5) is 0 Å². The van der Waals surface area contributed by atoms with E-state index < -0.39 is 7.26 Å². The zero-order valence-corrected chi connectivity index (χ0v) is 37.2. The summed E-state index contributed by atoms with van der Waals surface area (Å²) in [5.74, 6) is 3.29. The van der Waals surface area contributed by atoms with Crippen LogP contribution in [0.1, 0.15) is 71.4 Å². The molecule has 0 amide bonds. The summed E-state index contributed by atoms with van der Waals surface area (Å²) in [6.07, 6.45) is 1.83. The standard InChI is InChI=1S/C55H58O4P/c1-9-48(42-21-13-10-14-22-42)53(43-23-19-20-40(33-43)32-39(3)41-30-28-38(2)29-31-41)49-34-44(56-4)35-50(58-6)54(49)55-51(59-7)36-45(57-5)37-52(55)60(8,46-24-15-11-16-25-46)47-26-17-12-18-27-47/h10-31,33-37,39,48,53H,9,32H2,1-8H3/q+1. The molecule has 5 heteroatoms. The Bertz CT molecular complexity index is 2440. The van der Waals surface area contributed by atoms with Gasteiger partial charge in [-0.05, 0) is 89.8 Å². The molecule has 0 fully saturated rings. The Kier molecular flexibility index (Phi) is 13.4. The molecule has 0 bridgehead atoms. The minimum Gasteiger partial charge on any atom is -0.497 e. The first-order chi connectivity index (χ1) is 29.2. The maximum Gasteiger partial charge on any atom is 0.134 e. The van der Waals surface area contributed by atoms with E-state index in [-0.39, 0.29) is 11.8 Å². The Hall–Kier alpha value is -5.83. The lowest BCUT2D eigenvalue weighted by Gasteiger charge is -2.33. The summed E-state index contributed by atoms with van der Waals surface area (Å²) in [5, 5.41) is 3.65.